The Morgan fingerprint density at radius 3 is 1.39 bits per heavy atom. The summed E-state index contributed by atoms with van der Waals surface area (Å²) in [6.45, 7) is 0. The second-order valence-electron chi connectivity index (χ2n) is 12.0. The molecule has 0 atom stereocenters. The van der Waals surface area contributed by atoms with Gasteiger partial charge in [-0.25, -0.2) is 0 Å². The molecule has 9 rings (SSSR count). The van der Waals surface area contributed by atoms with Gasteiger partial charge in [-0.3, -0.25) is 0 Å². The summed E-state index contributed by atoms with van der Waals surface area (Å²) < 4.78 is 0. The molecule has 9 aromatic carbocycles. The summed E-state index contributed by atoms with van der Waals surface area (Å²) >= 11 is 0. The topological polar surface area (TPSA) is 0 Å². The van der Waals surface area contributed by atoms with Crippen molar-refractivity contribution in [3.05, 3.63) is 182 Å². The van der Waals surface area contributed by atoms with Crippen LogP contribution in [0, 0.1) is 6.07 Å². The minimum atomic E-state index is 1.11. The van der Waals surface area contributed by atoms with E-state index in [0.29, 0.717) is 0 Å². The van der Waals surface area contributed by atoms with Crippen molar-refractivity contribution in [2.75, 3.05) is 0 Å². The van der Waals surface area contributed by atoms with Gasteiger partial charge in [-0.15, -0.1) is 0 Å². The van der Waals surface area contributed by atoms with Gasteiger partial charge in [0.25, 0.3) is 0 Å². The van der Waals surface area contributed by atoms with Gasteiger partial charge in [0.2, 0.25) is 0 Å². The largest absolute Gasteiger partial charge is 0.0616 e. The zero-order valence-corrected chi connectivity index (χ0v) is 25.2. The standard InChI is InChI=1S/C46H29/c1-2-12-31(13-3-1)32-24-26-33(27-25-32)36-28-29-43-44(30-36)46(40-23-11-17-35-15-5-7-19-38(35)40)42-21-9-8-20-41(42)45(43)39-22-10-16-34-14-4-6-18-37(34)39/h1-12,14-30H. The highest BCUT2D eigenvalue weighted by atomic mass is 14.2. The molecule has 0 heterocycles. The molecule has 0 saturated carbocycles. The summed E-state index contributed by atoms with van der Waals surface area (Å²) in [4.78, 5) is 0. The fourth-order valence-corrected chi connectivity index (χ4v) is 7.24. The van der Waals surface area contributed by atoms with Crippen LogP contribution in [0.3, 0.4) is 0 Å². The van der Waals surface area contributed by atoms with Gasteiger partial charge in [0.1, 0.15) is 0 Å². The minimum absolute atomic E-state index is 1.11. The predicted molar refractivity (Wildman–Crippen MR) is 197 cm³/mol. The van der Waals surface area contributed by atoms with Gasteiger partial charge < -0.3 is 0 Å². The smallest absolute Gasteiger partial charge is 0.00199 e. The molecule has 1 radical (unpaired) electrons. The Balaban J connectivity index is 1.38. The summed E-state index contributed by atoms with van der Waals surface area (Å²) in [5, 5.41) is 10.1. The van der Waals surface area contributed by atoms with E-state index >= 15 is 0 Å². The van der Waals surface area contributed by atoms with Crippen LogP contribution in [0.15, 0.2) is 176 Å². The van der Waals surface area contributed by atoms with Crippen LogP contribution in [0.2, 0.25) is 0 Å². The molecule has 0 bridgehead atoms. The SMILES string of the molecule is [c]1ccccc1-c1ccc(-c2ccc3c(-c4cccc5ccccc45)c4ccccc4c(-c4cccc5ccccc45)c3c2)cc1. The molecule has 46 heavy (non-hydrogen) atoms. The van der Waals surface area contributed by atoms with Crippen LogP contribution in [-0.4, -0.2) is 0 Å². The van der Waals surface area contributed by atoms with E-state index in [-0.39, 0.29) is 0 Å². The lowest BCUT2D eigenvalue weighted by Gasteiger charge is -2.20. The summed E-state index contributed by atoms with van der Waals surface area (Å²) in [6.07, 6.45) is 0. The molecule has 0 spiro atoms. The normalized spacial score (nSPS) is 11.5. The van der Waals surface area contributed by atoms with E-state index in [1.165, 1.54) is 82.0 Å². The van der Waals surface area contributed by atoms with Crippen molar-refractivity contribution in [2.24, 2.45) is 0 Å². The van der Waals surface area contributed by atoms with Gasteiger partial charge in [0.15, 0.2) is 0 Å². The fraction of sp³-hybridized carbons (Fsp3) is 0. The molecule has 0 aromatic heterocycles. The molecular formula is C46H29. The van der Waals surface area contributed by atoms with Gasteiger partial charge in [0.05, 0.1) is 0 Å². The Bertz CT molecular complexity index is 2540. The lowest BCUT2D eigenvalue weighted by Crippen LogP contribution is -1.93. The van der Waals surface area contributed by atoms with Crippen LogP contribution in [0.25, 0.3) is 87.6 Å². The maximum absolute atomic E-state index is 3.36. The lowest BCUT2D eigenvalue weighted by molar-refractivity contribution is 1.59. The first-order chi connectivity index (χ1) is 22.8. The third kappa shape index (κ3) is 4.30. The van der Waals surface area contributed by atoms with E-state index < -0.39 is 0 Å². The van der Waals surface area contributed by atoms with Crippen LogP contribution < -0.4 is 0 Å². The Labute approximate surface area is 268 Å². The molecule has 0 unspecified atom stereocenters. The first kappa shape index (κ1) is 26.4. The monoisotopic (exact) mass is 581 g/mol. The molecule has 9 aromatic rings. The third-order valence-corrected chi connectivity index (χ3v) is 9.38. The molecule has 213 valence electrons. The van der Waals surface area contributed by atoms with Crippen molar-refractivity contribution >= 4 is 43.1 Å². The van der Waals surface area contributed by atoms with Crippen LogP contribution in [-0.2, 0) is 0 Å². The van der Waals surface area contributed by atoms with E-state index in [2.05, 4.69) is 170 Å². The Morgan fingerprint density at radius 1 is 0.304 bits per heavy atom. The molecule has 0 aliphatic heterocycles. The van der Waals surface area contributed by atoms with Gasteiger partial charge in [-0.2, -0.15) is 0 Å². The quantitative estimate of drug-likeness (QED) is 0.181. The maximum atomic E-state index is 3.36. The Hall–Kier alpha value is -5.98. The first-order valence-electron chi connectivity index (χ1n) is 15.9. The van der Waals surface area contributed by atoms with E-state index in [4.69, 9.17) is 0 Å². The summed E-state index contributed by atoms with van der Waals surface area (Å²) in [5.74, 6) is 0. The highest BCUT2D eigenvalue weighted by Crippen LogP contribution is 2.47. The zero-order valence-electron chi connectivity index (χ0n) is 25.2. The number of rotatable bonds is 4. The number of benzene rings is 9. The van der Waals surface area contributed by atoms with Crippen molar-refractivity contribution in [3.8, 4) is 44.5 Å². The highest BCUT2D eigenvalue weighted by Gasteiger charge is 2.19. The van der Waals surface area contributed by atoms with Crippen molar-refractivity contribution in [1.82, 2.24) is 0 Å². The van der Waals surface area contributed by atoms with E-state index in [0.717, 1.165) is 5.56 Å². The summed E-state index contributed by atoms with van der Waals surface area (Å²) in [6, 6.07) is 67.3. The average molecular weight is 582 g/mol. The fourth-order valence-electron chi connectivity index (χ4n) is 7.24. The van der Waals surface area contributed by atoms with Crippen molar-refractivity contribution < 1.29 is 0 Å². The van der Waals surface area contributed by atoms with Gasteiger partial charge in [-0.1, -0.05) is 170 Å². The van der Waals surface area contributed by atoms with E-state index in [1.54, 1.807) is 0 Å². The Kier molecular flexibility index (Phi) is 6.25. The van der Waals surface area contributed by atoms with Gasteiger partial charge in [-0.05, 0) is 99.7 Å². The van der Waals surface area contributed by atoms with Gasteiger partial charge in [0, 0.05) is 0 Å². The molecule has 0 nitrogen and oxygen atoms in total. The van der Waals surface area contributed by atoms with Crippen molar-refractivity contribution in [2.45, 2.75) is 0 Å². The molecular weight excluding hydrogens is 553 g/mol. The molecule has 0 amide bonds. The predicted octanol–water partition coefficient (Wildman–Crippen LogP) is 12.8. The molecule has 0 aliphatic rings. The van der Waals surface area contributed by atoms with E-state index in [1.807, 2.05) is 12.1 Å². The second-order valence-corrected chi connectivity index (χ2v) is 12.0. The molecule has 0 N–H and O–H groups in total. The summed E-state index contributed by atoms with van der Waals surface area (Å²) in [5.41, 5.74) is 9.78. The van der Waals surface area contributed by atoms with Crippen LogP contribution in [0.5, 0.6) is 0 Å². The lowest BCUT2D eigenvalue weighted by atomic mass is 9.83. The maximum Gasteiger partial charge on any atom is -0.00199 e. The Morgan fingerprint density at radius 2 is 0.783 bits per heavy atom. The van der Waals surface area contributed by atoms with Crippen molar-refractivity contribution in [1.29, 1.82) is 0 Å². The summed E-state index contributed by atoms with van der Waals surface area (Å²) in [7, 11) is 0. The molecule has 0 heteroatoms. The molecule has 0 aliphatic carbocycles. The number of hydrogen-bond donors (Lipinski definition) is 0. The number of fused-ring (bicyclic) bond motifs is 4. The van der Waals surface area contributed by atoms with Crippen molar-refractivity contribution in [3.63, 3.8) is 0 Å². The number of hydrogen-bond acceptors (Lipinski definition) is 0. The van der Waals surface area contributed by atoms with E-state index in [9.17, 15) is 0 Å². The average Bonchev–Trinajstić information content (AvgIpc) is 3.14. The van der Waals surface area contributed by atoms with Crippen LogP contribution in [0.4, 0.5) is 0 Å². The second kappa shape index (κ2) is 10.9. The molecule has 0 fully saturated rings. The first-order valence-corrected chi connectivity index (χ1v) is 15.9. The third-order valence-electron chi connectivity index (χ3n) is 9.38. The van der Waals surface area contributed by atoms with Gasteiger partial charge >= 0.3 is 0 Å². The molecule has 0 saturated heterocycles. The van der Waals surface area contributed by atoms with Crippen LogP contribution >= 0.6 is 0 Å². The minimum Gasteiger partial charge on any atom is -0.0616 e. The highest BCUT2D eigenvalue weighted by molar-refractivity contribution is 6.25. The zero-order chi connectivity index (χ0) is 30.5. The van der Waals surface area contributed by atoms with Crippen LogP contribution in [0.1, 0.15) is 0 Å².